The van der Waals surface area contributed by atoms with Gasteiger partial charge in [-0.15, -0.1) is 0 Å². The van der Waals surface area contributed by atoms with Gasteiger partial charge in [-0.2, -0.15) is 0 Å². The van der Waals surface area contributed by atoms with E-state index in [1.54, 1.807) is 12.1 Å². The molecular formula is C17H22N2O2. The predicted molar refractivity (Wildman–Crippen MR) is 79.8 cm³/mol. The summed E-state index contributed by atoms with van der Waals surface area (Å²) in [5, 5.41) is 13.1. The molecule has 1 saturated carbocycles. The highest BCUT2D eigenvalue weighted by molar-refractivity contribution is 5.83. The average Bonchev–Trinajstić information content (AvgIpc) is 3.08. The van der Waals surface area contributed by atoms with Crippen molar-refractivity contribution in [3.8, 4) is 5.75 Å². The number of hydrogen-bond donors (Lipinski definition) is 2. The van der Waals surface area contributed by atoms with Crippen LogP contribution in [0.1, 0.15) is 30.4 Å². The van der Waals surface area contributed by atoms with Crippen LogP contribution in [0.3, 0.4) is 0 Å². The molecule has 0 spiro atoms. The molecule has 3 aliphatic rings. The van der Waals surface area contributed by atoms with Crippen LogP contribution < -0.4 is 5.32 Å². The Morgan fingerprint density at radius 1 is 1.29 bits per heavy atom. The van der Waals surface area contributed by atoms with E-state index in [1.165, 1.54) is 24.8 Å². The fraction of sp³-hybridized carbons (Fsp3) is 0.588. The van der Waals surface area contributed by atoms with Crippen molar-refractivity contribution in [3.63, 3.8) is 0 Å². The van der Waals surface area contributed by atoms with E-state index in [1.807, 2.05) is 11.0 Å². The van der Waals surface area contributed by atoms with E-state index in [4.69, 9.17) is 0 Å². The van der Waals surface area contributed by atoms with E-state index < -0.39 is 0 Å². The first kappa shape index (κ1) is 13.1. The van der Waals surface area contributed by atoms with Crippen molar-refractivity contribution >= 4 is 5.91 Å². The van der Waals surface area contributed by atoms with Gasteiger partial charge in [0.1, 0.15) is 5.75 Å². The summed E-state index contributed by atoms with van der Waals surface area (Å²) in [4.78, 5) is 14.8. The lowest BCUT2D eigenvalue weighted by atomic mass is 9.92. The summed E-state index contributed by atoms with van der Waals surface area (Å²) in [6.07, 6.45) is 4.64. The van der Waals surface area contributed by atoms with Crippen molar-refractivity contribution < 1.29 is 9.90 Å². The molecule has 0 bridgehead atoms. The van der Waals surface area contributed by atoms with E-state index in [0.29, 0.717) is 18.4 Å². The molecule has 1 aromatic rings. The van der Waals surface area contributed by atoms with E-state index in [2.05, 4.69) is 5.32 Å². The number of phenolic OH excluding ortho intramolecular Hbond substituents is 1. The quantitative estimate of drug-likeness (QED) is 0.825. The number of benzene rings is 1. The fourth-order valence-electron chi connectivity index (χ4n) is 4.39. The van der Waals surface area contributed by atoms with Gasteiger partial charge in [-0.1, -0.05) is 12.5 Å². The van der Waals surface area contributed by atoms with Crippen molar-refractivity contribution in [1.82, 2.24) is 10.2 Å². The summed E-state index contributed by atoms with van der Waals surface area (Å²) in [5.41, 5.74) is 2.35. The highest BCUT2D eigenvalue weighted by atomic mass is 16.3. The number of carbonyl (C=O) groups excluding carboxylic acids is 1. The van der Waals surface area contributed by atoms with Gasteiger partial charge >= 0.3 is 0 Å². The minimum Gasteiger partial charge on any atom is -0.508 e. The number of nitrogens with one attached hydrogen (secondary N) is 1. The summed E-state index contributed by atoms with van der Waals surface area (Å²) < 4.78 is 0. The maximum Gasteiger partial charge on any atom is 0.240 e. The minimum absolute atomic E-state index is 0.0244. The molecule has 0 radical (unpaired) electrons. The van der Waals surface area contributed by atoms with Crippen molar-refractivity contribution in [3.05, 3.63) is 29.3 Å². The lowest BCUT2D eigenvalue weighted by molar-refractivity contribution is -0.135. The van der Waals surface area contributed by atoms with Gasteiger partial charge in [0.05, 0.1) is 6.04 Å². The molecule has 2 aliphatic heterocycles. The molecule has 1 aliphatic carbocycles. The topological polar surface area (TPSA) is 52.6 Å². The maximum absolute atomic E-state index is 12.8. The number of carbonyl (C=O) groups is 1. The zero-order chi connectivity index (χ0) is 14.4. The van der Waals surface area contributed by atoms with Gasteiger partial charge in [-0.05, 0) is 60.9 Å². The van der Waals surface area contributed by atoms with Crippen molar-refractivity contribution in [2.75, 3.05) is 13.1 Å². The molecule has 3 atom stereocenters. The Kier molecular flexibility index (Phi) is 3.14. The zero-order valence-electron chi connectivity index (χ0n) is 12.2. The number of fused-ring (bicyclic) bond motifs is 2. The van der Waals surface area contributed by atoms with Gasteiger partial charge < -0.3 is 15.3 Å². The summed E-state index contributed by atoms with van der Waals surface area (Å²) in [7, 11) is 0. The van der Waals surface area contributed by atoms with Gasteiger partial charge in [-0.3, -0.25) is 4.79 Å². The largest absolute Gasteiger partial charge is 0.508 e. The first-order chi connectivity index (χ1) is 10.2. The second-order valence-corrected chi connectivity index (χ2v) is 6.70. The molecule has 112 valence electrons. The van der Waals surface area contributed by atoms with Crippen molar-refractivity contribution in [1.29, 1.82) is 0 Å². The van der Waals surface area contributed by atoms with Gasteiger partial charge in [0.2, 0.25) is 5.91 Å². The smallest absolute Gasteiger partial charge is 0.240 e. The van der Waals surface area contributed by atoms with Gasteiger partial charge in [0.15, 0.2) is 0 Å². The lowest BCUT2D eigenvalue weighted by Crippen LogP contribution is -2.48. The van der Waals surface area contributed by atoms with Crippen LogP contribution in [0, 0.1) is 11.8 Å². The van der Waals surface area contributed by atoms with E-state index in [0.717, 1.165) is 25.1 Å². The molecule has 1 aromatic carbocycles. The fourth-order valence-corrected chi connectivity index (χ4v) is 4.39. The zero-order valence-corrected chi connectivity index (χ0v) is 12.2. The molecule has 2 fully saturated rings. The summed E-state index contributed by atoms with van der Waals surface area (Å²) in [6.45, 7) is 2.44. The van der Waals surface area contributed by atoms with Crippen LogP contribution in [-0.2, 0) is 17.8 Å². The molecule has 21 heavy (non-hydrogen) atoms. The van der Waals surface area contributed by atoms with E-state index in [9.17, 15) is 9.90 Å². The standard InChI is InChI=1S/C17H22N2O2/c20-14-5-4-11-6-7-19(10-13(11)8-14)17(21)16-15-3-1-2-12(15)9-18-16/h4-5,8,12,15-16,18,20H,1-3,6-7,9-10H2. The van der Waals surface area contributed by atoms with Crippen LogP contribution >= 0.6 is 0 Å². The van der Waals surface area contributed by atoms with E-state index >= 15 is 0 Å². The van der Waals surface area contributed by atoms with Crippen molar-refractivity contribution in [2.45, 2.75) is 38.3 Å². The lowest BCUT2D eigenvalue weighted by Gasteiger charge is -2.32. The second kappa shape index (κ2) is 5.02. The summed E-state index contributed by atoms with van der Waals surface area (Å²) in [5.74, 6) is 1.81. The number of hydrogen-bond acceptors (Lipinski definition) is 3. The van der Waals surface area contributed by atoms with Crippen LogP contribution in [0.5, 0.6) is 5.75 Å². The van der Waals surface area contributed by atoms with E-state index in [-0.39, 0.29) is 17.7 Å². The Bertz CT molecular complexity index is 572. The minimum atomic E-state index is 0.0244. The SMILES string of the molecule is O=C(C1NCC2CCCC21)N1CCc2ccc(O)cc2C1. The maximum atomic E-state index is 12.8. The number of rotatable bonds is 1. The Hall–Kier alpha value is -1.55. The third-order valence-corrected chi connectivity index (χ3v) is 5.53. The first-order valence-corrected chi connectivity index (χ1v) is 8.05. The molecule has 1 amide bonds. The Labute approximate surface area is 125 Å². The van der Waals surface area contributed by atoms with Gasteiger partial charge in [0, 0.05) is 13.1 Å². The molecule has 2 N–H and O–H groups in total. The molecular weight excluding hydrogens is 264 g/mol. The van der Waals surface area contributed by atoms with Gasteiger partial charge in [-0.25, -0.2) is 0 Å². The molecule has 4 heteroatoms. The molecule has 3 unspecified atom stereocenters. The van der Waals surface area contributed by atoms with Crippen LogP contribution in [0.4, 0.5) is 0 Å². The molecule has 2 heterocycles. The third-order valence-electron chi connectivity index (χ3n) is 5.53. The number of aromatic hydroxyl groups is 1. The highest BCUT2D eigenvalue weighted by Gasteiger charge is 2.44. The van der Waals surface area contributed by atoms with Gasteiger partial charge in [0.25, 0.3) is 0 Å². The molecule has 4 nitrogen and oxygen atoms in total. The van der Waals surface area contributed by atoms with Crippen LogP contribution in [0.25, 0.3) is 0 Å². The molecule has 4 rings (SSSR count). The molecule has 1 saturated heterocycles. The van der Waals surface area contributed by atoms with Crippen LogP contribution in [0.15, 0.2) is 18.2 Å². The van der Waals surface area contributed by atoms with Crippen LogP contribution in [0.2, 0.25) is 0 Å². The first-order valence-electron chi connectivity index (χ1n) is 8.05. The normalized spacial score (nSPS) is 31.0. The summed E-state index contributed by atoms with van der Waals surface area (Å²) in [6, 6.07) is 5.54. The monoisotopic (exact) mass is 286 g/mol. The summed E-state index contributed by atoms with van der Waals surface area (Å²) >= 11 is 0. The van der Waals surface area contributed by atoms with Crippen molar-refractivity contribution in [2.24, 2.45) is 11.8 Å². The Morgan fingerprint density at radius 2 is 2.19 bits per heavy atom. The number of amides is 1. The third kappa shape index (κ3) is 2.22. The molecule has 0 aromatic heterocycles. The second-order valence-electron chi connectivity index (χ2n) is 6.70. The Balaban J connectivity index is 1.51. The highest BCUT2D eigenvalue weighted by Crippen LogP contribution is 2.38. The Morgan fingerprint density at radius 3 is 3.10 bits per heavy atom. The number of nitrogens with zero attached hydrogens (tertiary/aromatic N) is 1. The average molecular weight is 286 g/mol. The number of phenols is 1. The van der Waals surface area contributed by atoms with Crippen LogP contribution in [-0.4, -0.2) is 35.0 Å². The predicted octanol–water partition coefficient (Wildman–Crippen LogP) is 1.66.